The standard InChI is InChI=1S/C41H75N9O10S/c1-22(2)14-28(45-34(52)20-43-33(51)19-42)36(54)44-21-35(53)46-29(15-23(3)4)37(55)48-31(17-25(7)8)39(57)50-32(18-26(9)10)40(58)49-30(16-24(5)6)38(56)47-27(41(59)60)12-13-61-11/h22-32H,12-21,42H2,1-11H3,(H,43,51)(H,44,54)(H,45,52)(H,46,53)(H,47,56)(H,48,55)(H,49,58)(H,50,57)(H,59,60)/t27-,28-,29-,30-,31-,32-/m0/s1. The van der Waals surface area contributed by atoms with Gasteiger partial charge in [-0.15, -0.1) is 0 Å². The maximum atomic E-state index is 13.9. The molecule has 0 aliphatic heterocycles. The Kier molecular flexibility index (Phi) is 27.6. The summed E-state index contributed by atoms with van der Waals surface area (Å²) < 4.78 is 0. The average molecular weight is 886 g/mol. The molecule has 0 aromatic carbocycles. The number of carboxylic acid groups (broad SMARTS) is 1. The molecular formula is C41H75N9O10S. The zero-order valence-electron chi connectivity index (χ0n) is 38.0. The molecule has 0 spiro atoms. The van der Waals surface area contributed by atoms with Gasteiger partial charge in [-0.1, -0.05) is 69.2 Å². The Morgan fingerprint density at radius 3 is 1.03 bits per heavy atom. The van der Waals surface area contributed by atoms with E-state index in [4.69, 9.17) is 5.73 Å². The number of nitrogens with one attached hydrogen (secondary N) is 8. The summed E-state index contributed by atoms with van der Waals surface area (Å²) in [7, 11) is 0. The van der Waals surface area contributed by atoms with E-state index in [2.05, 4.69) is 42.5 Å². The second-order valence-corrected chi connectivity index (χ2v) is 18.4. The molecule has 0 heterocycles. The average Bonchev–Trinajstić information content (AvgIpc) is 3.14. The van der Waals surface area contributed by atoms with E-state index in [0.29, 0.717) is 5.75 Å². The number of carbonyl (C=O) groups is 9. The van der Waals surface area contributed by atoms with Gasteiger partial charge in [-0.25, -0.2) is 4.79 Å². The lowest BCUT2D eigenvalue weighted by Crippen LogP contribution is -2.59. The van der Waals surface area contributed by atoms with Crippen LogP contribution in [0.25, 0.3) is 0 Å². The molecule has 19 nitrogen and oxygen atoms in total. The van der Waals surface area contributed by atoms with Crippen molar-refractivity contribution in [1.82, 2.24) is 42.5 Å². The minimum Gasteiger partial charge on any atom is -0.480 e. The van der Waals surface area contributed by atoms with Crippen LogP contribution in [0.4, 0.5) is 0 Å². The van der Waals surface area contributed by atoms with Gasteiger partial charge in [0.05, 0.1) is 19.6 Å². The maximum absolute atomic E-state index is 13.9. The van der Waals surface area contributed by atoms with Gasteiger partial charge in [-0.3, -0.25) is 38.4 Å². The highest BCUT2D eigenvalue weighted by Crippen LogP contribution is 2.13. The molecule has 8 amide bonds. The fraction of sp³-hybridized carbons (Fsp3) is 0.780. The molecule has 61 heavy (non-hydrogen) atoms. The summed E-state index contributed by atoms with van der Waals surface area (Å²) in [6, 6.07) is -6.59. The molecule has 0 aliphatic carbocycles. The molecule has 20 heteroatoms. The van der Waals surface area contributed by atoms with Crippen molar-refractivity contribution in [2.45, 2.75) is 144 Å². The van der Waals surface area contributed by atoms with Crippen LogP contribution < -0.4 is 48.3 Å². The lowest BCUT2D eigenvalue weighted by atomic mass is 9.98. The van der Waals surface area contributed by atoms with Crippen molar-refractivity contribution in [3.05, 3.63) is 0 Å². The predicted octanol–water partition coefficient (Wildman–Crippen LogP) is 0.154. The lowest BCUT2D eigenvalue weighted by Gasteiger charge is -2.29. The van der Waals surface area contributed by atoms with Crippen molar-refractivity contribution in [3.8, 4) is 0 Å². The van der Waals surface area contributed by atoms with Gasteiger partial charge in [-0.2, -0.15) is 11.8 Å². The van der Waals surface area contributed by atoms with E-state index >= 15 is 0 Å². The lowest BCUT2D eigenvalue weighted by molar-refractivity contribution is -0.142. The minimum atomic E-state index is -1.19. The van der Waals surface area contributed by atoms with Gasteiger partial charge in [0.15, 0.2) is 0 Å². The molecular weight excluding hydrogens is 811 g/mol. The Balaban J connectivity index is 6.09. The number of rotatable bonds is 30. The molecule has 0 aromatic heterocycles. The third kappa shape index (κ3) is 25.2. The first-order chi connectivity index (χ1) is 28.4. The summed E-state index contributed by atoms with van der Waals surface area (Å²) in [5.74, 6) is -6.14. The van der Waals surface area contributed by atoms with E-state index in [1.54, 1.807) is 0 Å². The number of nitrogens with two attached hydrogens (primary N) is 1. The number of hydrogen-bond donors (Lipinski definition) is 10. The van der Waals surface area contributed by atoms with Crippen LogP contribution >= 0.6 is 11.8 Å². The second-order valence-electron chi connectivity index (χ2n) is 17.5. The van der Waals surface area contributed by atoms with Gasteiger partial charge in [0.1, 0.15) is 36.3 Å². The van der Waals surface area contributed by atoms with Crippen LogP contribution in [0, 0.1) is 29.6 Å². The quantitative estimate of drug-likeness (QED) is 0.0462. The van der Waals surface area contributed by atoms with Crippen molar-refractivity contribution < 1.29 is 48.3 Å². The van der Waals surface area contributed by atoms with Gasteiger partial charge in [-0.05, 0) is 80.1 Å². The molecule has 0 rings (SSSR count). The van der Waals surface area contributed by atoms with Gasteiger partial charge in [0.25, 0.3) is 0 Å². The van der Waals surface area contributed by atoms with Crippen molar-refractivity contribution in [2.24, 2.45) is 35.3 Å². The van der Waals surface area contributed by atoms with E-state index in [-0.39, 0.29) is 74.7 Å². The van der Waals surface area contributed by atoms with Crippen LogP contribution in [0.1, 0.15) is 108 Å². The van der Waals surface area contributed by atoms with Crippen LogP contribution in [0.5, 0.6) is 0 Å². The monoisotopic (exact) mass is 886 g/mol. The van der Waals surface area contributed by atoms with Crippen LogP contribution in [0.3, 0.4) is 0 Å². The summed E-state index contributed by atoms with van der Waals surface area (Å²) >= 11 is 1.44. The minimum absolute atomic E-state index is 0.0185. The highest BCUT2D eigenvalue weighted by Gasteiger charge is 2.34. The highest BCUT2D eigenvalue weighted by molar-refractivity contribution is 7.98. The van der Waals surface area contributed by atoms with E-state index in [0.717, 1.165) is 0 Å². The summed E-state index contributed by atoms with van der Waals surface area (Å²) in [5, 5.41) is 30.5. The molecule has 0 saturated carbocycles. The molecule has 0 bridgehead atoms. The summed E-state index contributed by atoms with van der Waals surface area (Å²) in [5.41, 5.74) is 5.25. The largest absolute Gasteiger partial charge is 0.480 e. The first-order valence-electron chi connectivity index (χ1n) is 21.2. The van der Waals surface area contributed by atoms with Crippen molar-refractivity contribution in [1.29, 1.82) is 0 Å². The fourth-order valence-corrected chi connectivity index (χ4v) is 6.60. The molecule has 0 fully saturated rings. The molecule has 0 saturated heterocycles. The third-order valence-corrected chi connectivity index (χ3v) is 9.66. The Morgan fingerprint density at radius 2 is 0.738 bits per heavy atom. The first kappa shape index (κ1) is 56.5. The van der Waals surface area contributed by atoms with Gasteiger partial charge in [0, 0.05) is 0 Å². The molecule has 0 unspecified atom stereocenters. The zero-order valence-corrected chi connectivity index (χ0v) is 38.8. The Bertz CT molecular complexity index is 1460. The van der Waals surface area contributed by atoms with Crippen LogP contribution in [-0.2, 0) is 43.2 Å². The van der Waals surface area contributed by atoms with Crippen molar-refractivity contribution >= 4 is 65.0 Å². The molecule has 6 atom stereocenters. The van der Waals surface area contributed by atoms with Gasteiger partial charge >= 0.3 is 5.97 Å². The van der Waals surface area contributed by atoms with Gasteiger partial charge < -0.3 is 53.4 Å². The summed E-state index contributed by atoms with van der Waals surface area (Å²) in [6.07, 6.45) is 3.00. The number of carboxylic acids is 1. The SMILES string of the molecule is CSCC[C@H](NC(=O)[C@H](CC(C)C)NC(=O)[C@H](CC(C)C)NC(=O)[C@H](CC(C)C)NC(=O)[C@H](CC(C)C)NC(=O)CNC(=O)[C@H](CC(C)C)NC(=O)CNC(=O)CN)C(=O)O. The molecule has 11 N–H and O–H groups in total. The van der Waals surface area contributed by atoms with Crippen LogP contribution in [0.2, 0.25) is 0 Å². The van der Waals surface area contributed by atoms with Gasteiger partial charge in [0.2, 0.25) is 47.3 Å². The zero-order chi connectivity index (χ0) is 47.0. The highest BCUT2D eigenvalue weighted by atomic mass is 32.2. The number of aliphatic carboxylic acids is 1. The van der Waals surface area contributed by atoms with Crippen molar-refractivity contribution in [3.63, 3.8) is 0 Å². The molecule has 0 aromatic rings. The van der Waals surface area contributed by atoms with Crippen molar-refractivity contribution in [2.75, 3.05) is 31.6 Å². The van der Waals surface area contributed by atoms with E-state index in [1.807, 2.05) is 75.5 Å². The maximum Gasteiger partial charge on any atom is 0.326 e. The number of carbonyl (C=O) groups excluding carboxylic acids is 8. The van der Waals surface area contributed by atoms with E-state index < -0.39 is 103 Å². The smallest absolute Gasteiger partial charge is 0.326 e. The summed E-state index contributed by atoms with van der Waals surface area (Å²) in [6.45, 7) is 17.3. The molecule has 0 aliphatic rings. The van der Waals surface area contributed by atoms with Crippen LogP contribution in [-0.4, -0.2) is 126 Å². The number of hydrogen-bond acceptors (Lipinski definition) is 11. The number of thioether (sulfide) groups is 1. The molecule has 350 valence electrons. The van der Waals surface area contributed by atoms with E-state index in [9.17, 15) is 48.3 Å². The summed E-state index contributed by atoms with van der Waals surface area (Å²) in [4.78, 5) is 117. The Labute approximate surface area is 365 Å². The molecule has 0 radical (unpaired) electrons. The Morgan fingerprint density at radius 1 is 0.443 bits per heavy atom. The Hall–Kier alpha value is -4.46. The third-order valence-electron chi connectivity index (χ3n) is 9.02. The predicted molar refractivity (Wildman–Crippen MR) is 235 cm³/mol. The first-order valence-corrected chi connectivity index (χ1v) is 22.6. The normalized spacial score (nSPS) is 14.3. The second kappa shape index (κ2) is 29.7. The van der Waals surface area contributed by atoms with Crippen LogP contribution in [0.15, 0.2) is 0 Å². The fourth-order valence-electron chi connectivity index (χ4n) is 6.13. The topological polar surface area (TPSA) is 296 Å². The van der Waals surface area contributed by atoms with E-state index in [1.165, 1.54) is 11.8 Å². The number of amides is 8.